The van der Waals surface area contributed by atoms with E-state index in [1.54, 1.807) is 30.1 Å². The van der Waals surface area contributed by atoms with Crippen LogP contribution in [0.2, 0.25) is 0 Å². The van der Waals surface area contributed by atoms with Gasteiger partial charge in [0.2, 0.25) is 15.9 Å². The summed E-state index contributed by atoms with van der Waals surface area (Å²) in [6, 6.07) is 6.75. The fourth-order valence-corrected chi connectivity index (χ4v) is 4.99. The number of fused-ring (bicyclic) bond motifs is 1. The lowest BCUT2D eigenvalue weighted by atomic mass is 10.1. The second-order valence-corrected chi connectivity index (χ2v) is 7.45. The Labute approximate surface area is 119 Å². The summed E-state index contributed by atoms with van der Waals surface area (Å²) in [4.78, 5) is 13.8. The van der Waals surface area contributed by atoms with Crippen LogP contribution in [0.4, 0.5) is 0 Å². The van der Waals surface area contributed by atoms with Gasteiger partial charge < -0.3 is 4.90 Å². The maximum Gasteiger partial charge on any atom is 0.243 e. The minimum atomic E-state index is -3.51. The summed E-state index contributed by atoms with van der Waals surface area (Å²) in [6.45, 7) is 2.36. The molecule has 1 amide bonds. The van der Waals surface area contributed by atoms with Crippen molar-refractivity contribution in [2.45, 2.75) is 36.7 Å². The molecule has 2 saturated heterocycles. The minimum Gasteiger partial charge on any atom is -0.341 e. The predicted molar refractivity (Wildman–Crippen MR) is 74.7 cm³/mol. The molecule has 5 nitrogen and oxygen atoms in total. The number of sulfonamides is 1. The maximum absolute atomic E-state index is 12.7. The smallest absolute Gasteiger partial charge is 0.243 e. The number of likely N-dealkylation sites (tertiary alicyclic amines) is 1. The van der Waals surface area contributed by atoms with Crippen molar-refractivity contribution in [3.8, 4) is 0 Å². The Morgan fingerprint density at radius 2 is 2.00 bits per heavy atom. The fraction of sp³-hybridized carbons (Fsp3) is 0.500. The molecule has 6 heteroatoms. The fourth-order valence-electron chi connectivity index (χ4n) is 3.22. The second-order valence-electron chi connectivity index (χ2n) is 5.56. The molecule has 0 saturated carbocycles. The molecule has 2 aliphatic rings. The van der Waals surface area contributed by atoms with Gasteiger partial charge in [-0.25, -0.2) is 8.42 Å². The molecule has 3 rings (SSSR count). The van der Waals surface area contributed by atoms with Gasteiger partial charge in [-0.3, -0.25) is 4.79 Å². The molecule has 2 fully saturated rings. The van der Waals surface area contributed by atoms with Gasteiger partial charge in [0.1, 0.15) is 0 Å². The van der Waals surface area contributed by atoms with E-state index in [-0.39, 0.29) is 18.0 Å². The van der Waals surface area contributed by atoms with Gasteiger partial charge in [0.25, 0.3) is 0 Å². The van der Waals surface area contributed by atoms with E-state index in [9.17, 15) is 13.2 Å². The van der Waals surface area contributed by atoms with Crippen molar-refractivity contribution in [2.75, 3.05) is 13.6 Å². The van der Waals surface area contributed by atoms with Crippen molar-refractivity contribution in [1.29, 1.82) is 0 Å². The lowest BCUT2D eigenvalue weighted by molar-refractivity contribution is -0.127. The number of nitrogens with zero attached hydrogens (tertiary/aromatic N) is 2. The van der Waals surface area contributed by atoms with Gasteiger partial charge in [-0.05, 0) is 31.0 Å². The van der Waals surface area contributed by atoms with Gasteiger partial charge in [0.15, 0.2) is 0 Å². The van der Waals surface area contributed by atoms with Crippen LogP contribution in [0.25, 0.3) is 0 Å². The van der Waals surface area contributed by atoms with Crippen molar-refractivity contribution in [3.63, 3.8) is 0 Å². The Hall–Kier alpha value is -1.40. The average Bonchev–Trinajstić information content (AvgIpc) is 2.92. The molecule has 1 aromatic rings. The number of aryl methyl sites for hydroxylation is 1. The summed E-state index contributed by atoms with van der Waals surface area (Å²) in [7, 11) is -1.75. The highest BCUT2D eigenvalue weighted by molar-refractivity contribution is 7.89. The molecule has 0 spiro atoms. The normalized spacial score (nSPS) is 27.1. The van der Waals surface area contributed by atoms with Crippen LogP contribution in [0.3, 0.4) is 0 Å². The number of hydrogen-bond acceptors (Lipinski definition) is 3. The third kappa shape index (κ3) is 1.94. The standard InChI is InChI=1S/C14H18N2O3S/c1-10-4-3-5-11(8-10)20(18,19)16-7-6-12-13(16)9-14(17)15(12)2/h3-5,8,12-13H,6-7,9H2,1-2H3/t12-,13+/m0/s1. The number of carbonyl (C=O) groups excluding carboxylic acids is 1. The predicted octanol–water partition coefficient (Wildman–Crippen LogP) is 0.989. The number of hydrogen-bond donors (Lipinski definition) is 0. The highest BCUT2D eigenvalue weighted by Crippen LogP contribution is 2.35. The van der Waals surface area contributed by atoms with Crippen molar-refractivity contribution in [2.24, 2.45) is 0 Å². The highest BCUT2D eigenvalue weighted by Gasteiger charge is 2.49. The first-order chi connectivity index (χ1) is 9.41. The van der Waals surface area contributed by atoms with E-state index in [2.05, 4.69) is 0 Å². The van der Waals surface area contributed by atoms with Crippen LogP contribution in [0.5, 0.6) is 0 Å². The third-order valence-electron chi connectivity index (χ3n) is 4.33. The Morgan fingerprint density at radius 3 is 2.70 bits per heavy atom. The molecule has 0 bridgehead atoms. The van der Waals surface area contributed by atoms with Crippen molar-refractivity contribution in [3.05, 3.63) is 29.8 Å². The van der Waals surface area contributed by atoms with E-state index in [0.717, 1.165) is 12.0 Å². The quantitative estimate of drug-likeness (QED) is 0.817. The molecule has 0 unspecified atom stereocenters. The molecule has 1 aromatic carbocycles. The summed E-state index contributed by atoms with van der Waals surface area (Å²) in [5.41, 5.74) is 0.918. The van der Waals surface area contributed by atoms with Gasteiger partial charge in [0.05, 0.1) is 10.9 Å². The number of carbonyl (C=O) groups is 1. The van der Waals surface area contributed by atoms with E-state index in [1.807, 2.05) is 13.0 Å². The molecule has 2 atom stereocenters. The summed E-state index contributed by atoms with van der Waals surface area (Å²) in [5, 5.41) is 0. The molecule has 0 radical (unpaired) electrons. The lowest BCUT2D eigenvalue weighted by Crippen LogP contribution is -2.38. The number of benzene rings is 1. The van der Waals surface area contributed by atoms with Gasteiger partial charge in [0, 0.05) is 26.1 Å². The molecule has 2 heterocycles. The summed E-state index contributed by atoms with van der Waals surface area (Å²) in [6.07, 6.45) is 1.02. The number of likely N-dealkylation sites (N-methyl/N-ethyl adjacent to an activating group) is 1. The van der Waals surface area contributed by atoms with Gasteiger partial charge >= 0.3 is 0 Å². The molecule has 0 aromatic heterocycles. The van der Waals surface area contributed by atoms with Crippen LogP contribution >= 0.6 is 0 Å². The highest BCUT2D eigenvalue weighted by atomic mass is 32.2. The van der Waals surface area contributed by atoms with Crippen LogP contribution in [0.15, 0.2) is 29.2 Å². The summed E-state index contributed by atoms with van der Waals surface area (Å²) < 4.78 is 27.0. The molecule has 108 valence electrons. The van der Waals surface area contributed by atoms with E-state index in [4.69, 9.17) is 0 Å². The molecular weight excluding hydrogens is 276 g/mol. The molecule has 20 heavy (non-hydrogen) atoms. The monoisotopic (exact) mass is 294 g/mol. The van der Waals surface area contributed by atoms with Gasteiger partial charge in [-0.2, -0.15) is 4.31 Å². The van der Waals surface area contributed by atoms with E-state index in [0.29, 0.717) is 17.9 Å². The first-order valence-electron chi connectivity index (χ1n) is 6.75. The zero-order valence-corrected chi connectivity index (χ0v) is 12.4. The van der Waals surface area contributed by atoms with Crippen LogP contribution < -0.4 is 0 Å². The molecule has 0 aliphatic carbocycles. The Bertz CT molecular complexity index is 656. The van der Waals surface area contributed by atoms with Crippen molar-refractivity contribution in [1.82, 2.24) is 9.21 Å². The number of amides is 1. The van der Waals surface area contributed by atoms with Crippen molar-refractivity contribution < 1.29 is 13.2 Å². The SMILES string of the molecule is Cc1cccc(S(=O)(=O)N2CC[C@H]3[C@H]2CC(=O)N3C)c1. The number of rotatable bonds is 2. The zero-order chi connectivity index (χ0) is 14.5. The second kappa shape index (κ2) is 4.56. The van der Waals surface area contributed by atoms with Crippen LogP contribution in [0, 0.1) is 6.92 Å². The topological polar surface area (TPSA) is 57.7 Å². The first-order valence-corrected chi connectivity index (χ1v) is 8.19. The van der Waals surface area contributed by atoms with Gasteiger partial charge in [-0.15, -0.1) is 0 Å². The third-order valence-corrected chi connectivity index (χ3v) is 6.25. The maximum atomic E-state index is 12.7. The lowest BCUT2D eigenvalue weighted by Gasteiger charge is -2.23. The molecular formula is C14H18N2O3S. The molecule has 0 N–H and O–H groups in total. The van der Waals surface area contributed by atoms with Gasteiger partial charge in [-0.1, -0.05) is 12.1 Å². The average molecular weight is 294 g/mol. The Kier molecular flexibility index (Phi) is 3.10. The van der Waals surface area contributed by atoms with E-state index < -0.39 is 10.0 Å². The summed E-state index contributed by atoms with van der Waals surface area (Å²) >= 11 is 0. The Balaban J connectivity index is 1.95. The van der Waals surface area contributed by atoms with E-state index >= 15 is 0 Å². The zero-order valence-electron chi connectivity index (χ0n) is 11.6. The minimum absolute atomic E-state index is 0.0297. The summed E-state index contributed by atoms with van der Waals surface area (Å²) in [5.74, 6) is 0.0316. The van der Waals surface area contributed by atoms with Crippen LogP contribution in [-0.2, 0) is 14.8 Å². The van der Waals surface area contributed by atoms with Crippen LogP contribution in [-0.4, -0.2) is 49.2 Å². The van der Waals surface area contributed by atoms with Crippen molar-refractivity contribution >= 4 is 15.9 Å². The van der Waals surface area contributed by atoms with E-state index in [1.165, 1.54) is 4.31 Å². The van der Waals surface area contributed by atoms with Crippen LogP contribution in [0.1, 0.15) is 18.4 Å². The largest absolute Gasteiger partial charge is 0.341 e. The Morgan fingerprint density at radius 1 is 1.25 bits per heavy atom. The first kappa shape index (κ1) is 13.6. The molecule has 2 aliphatic heterocycles.